The van der Waals surface area contributed by atoms with Gasteiger partial charge in [-0.25, -0.2) is 0 Å². The van der Waals surface area contributed by atoms with Crippen molar-refractivity contribution < 1.29 is 9.90 Å². The van der Waals surface area contributed by atoms with Gasteiger partial charge in [-0.05, 0) is 44.6 Å². The van der Waals surface area contributed by atoms with Gasteiger partial charge in [0.2, 0.25) is 0 Å². The zero-order chi connectivity index (χ0) is 9.87. The summed E-state index contributed by atoms with van der Waals surface area (Å²) in [4.78, 5) is 13.5. The van der Waals surface area contributed by atoms with Crippen LogP contribution in [-0.4, -0.2) is 35.1 Å². The summed E-state index contributed by atoms with van der Waals surface area (Å²) in [5.41, 5.74) is 0. The number of carbonyl (C=O) groups is 1. The lowest BCUT2D eigenvalue weighted by molar-refractivity contribution is -0.161. The predicted octanol–water partition coefficient (Wildman–Crippen LogP) is 1.19. The fourth-order valence-corrected chi connectivity index (χ4v) is 4.13. The van der Waals surface area contributed by atoms with Crippen LogP contribution in [0, 0.1) is 17.8 Å². The Morgan fingerprint density at radius 1 is 1.29 bits per heavy atom. The molecule has 4 bridgehead atoms. The number of hydrogen-bond acceptors (Lipinski definition) is 2. The van der Waals surface area contributed by atoms with Crippen molar-refractivity contribution in [1.29, 1.82) is 0 Å². The molecule has 0 aromatic carbocycles. The second-order valence-corrected chi connectivity index (χ2v) is 5.32. The number of rotatable bonds is 1. The molecule has 78 valence electrons. The fourth-order valence-electron chi connectivity index (χ4n) is 4.13. The minimum absolute atomic E-state index is 0.0761. The molecule has 5 atom stereocenters. The quantitative estimate of drug-likeness (QED) is 0.683. The third-order valence-corrected chi connectivity index (χ3v) is 4.70. The van der Waals surface area contributed by atoms with Gasteiger partial charge in [0.25, 0.3) is 0 Å². The Hall–Kier alpha value is -0.570. The lowest BCUT2D eigenvalue weighted by Gasteiger charge is -2.58. The van der Waals surface area contributed by atoms with Gasteiger partial charge < -0.3 is 5.11 Å². The largest absolute Gasteiger partial charge is 0.481 e. The number of carboxylic acid groups (broad SMARTS) is 1. The molecule has 0 aromatic rings. The van der Waals surface area contributed by atoms with Crippen LogP contribution in [0.4, 0.5) is 0 Å². The summed E-state index contributed by atoms with van der Waals surface area (Å²) in [5.74, 6) is 0.667. The normalized spacial score (nSPS) is 51.1. The van der Waals surface area contributed by atoms with Gasteiger partial charge in [0.05, 0.1) is 5.92 Å². The minimum atomic E-state index is -0.564. The van der Waals surface area contributed by atoms with E-state index in [-0.39, 0.29) is 5.92 Å². The van der Waals surface area contributed by atoms with E-state index in [9.17, 15) is 9.90 Å². The van der Waals surface area contributed by atoms with Crippen LogP contribution in [0.3, 0.4) is 0 Å². The monoisotopic (exact) mass is 195 g/mol. The molecule has 4 aliphatic rings. The summed E-state index contributed by atoms with van der Waals surface area (Å²) in [5, 5.41) is 9.24. The maximum atomic E-state index is 11.2. The molecule has 0 amide bonds. The van der Waals surface area contributed by atoms with Gasteiger partial charge >= 0.3 is 5.97 Å². The Kier molecular flexibility index (Phi) is 1.69. The van der Waals surface area contributed by atoms with Crippen molar-refractivity contribution in [1.82, 2.24) is 4.90 Å². The van der Waals surface area contributed by atoms with Gasteiger partial charge in [0.1, 0.15) is 0 Å². The summed E-state index contributed by atoms with van der Waals surface area (Å²) in [7, 11) is 2.11. The Balaban J connectivity index is 1.93. The molecular formula is C11H17NO2. The van der Waals surface area contributed by atoms with E-state index in [2.05, 4.69) is 11.9 Å². The second kappa shape index (κ2) is 2.72. The number of carboxylic acids is 1. The van der Waals surface area contributed by atoms with E-state index >= 15 is 0 Å². The zero-order valence-electron chi connectivity index (χ0n) is 8.52. The lowest BCUT2D eigenvalue weighted by Crippen LogP contribution is -2.62. The second-order valence-electron chi connectivity index (χ2n) is 5.32. The zero-order valence-corrected chi connectivity index (χ0v) is 8.52. The first-order valence-corrected chi connectivity index (χ1v) is 5.61. The third kappa shape index (κ3) is 0.991. The van der Waals surface area contributed by atoms with Crippen LogP contribution in [0.25, 0.3) is 0 Å². The minimum Gasteiger partial charge on any atom is -0.481 e. The topological polar surface area (TPSA) is 40.5 Å². The molecule has 3 heteroatoms. The SMILES string of the molecule is CN1C2CC3CC(C2)C(C(=O)O)C1C3. The number of piperidine rings is 2. The highest BCUT2D eigenvalue weighted by molar-refractivity contribution is 5.72. The summed E-state index contributed by atoms with van der Waals surface area (Å²) in [6, 6.07) is 1.02. The van der Waals surface area contributed by atoms with Gasteiger partial charge in [-0.3, -0.25) is 9.69 Å². The van der Waals surface area contributed by atoms with Gasteiger partial charge in [0, 0.05) is 12.1 Å². The molecule has 2 saturated carbocycles. The van der Waals surface area contributed by atoms with Crippen molar-refractivity contribution in [3.8, 4) is 0 Å². The maximum absolute atomic E-state index is 11.2. The maximum Gasteiger partial charge on any atom is 0.308 e. The van der Waals surface area contributed by atoms with Crippen molar-refractivity contribution >= 4 is 5.97 Å². The van der Waals surface area contributed by atoms with Crippen molar-refractivity contribution in [3.05, 3.63) is 0 Å². The number of hydrogen-bond donors (Lipinski definition) is 1. The van der Waals surface area contributed by atoms with Crippen LogP contribution in [0.5, 0.6) is 0 Å². The first-order valence-electron chi connectivity index (χ1n) is 5.61. The Labute approximate surface area is 84.1 Å². The first kappa shape index (κ1) is 8.72. The highest BCUT2D eigenvalue weighted by Crippen LogP contribution is 2.51. The number of nitrogens with zero attached hydrogens (tertiary/aromatic N) is 1. The molecule has 1 N–H and O–H groups in total. The highest BCUT2D eigenvalue weighted by atomic mass is 16.4. The lowest BCUT2D eigenvalue weighted by atomic mass is 9.59. The molecule has 3 nitrogen and oxygen atoms in total. The Bertz CT molecular complexity index is 278. The highest BCUT2D eigenvalue weighted by Gasteiger charge is 2.53. The van der Waals surface area contributed by atoms with Gasteiger partial charge in [-0.15, -0.1) is 0 Å². The van der Waals surface area contributed by atoms with E-state index in [1.165, 1.54) is 12.8 Å². The van der Waals surface area contributed by atoms with E-state index in [1.54, 1.807) is 0 Å². The van der Waals surface area contributed by atoms with Crippen LogP contribution < -0.4 is 0 Å². The van der Waals surface area contributed by atoms with Crippen molar-refractivity contribution in [3.63, 3.8) is 0 Å². The standard InChI is InChI=1S/C11H17NO2/c1-12-8-3-6-2-7(5-8)10(11(13)14)9(12)4-6/h6-10H,2-5H2,1H3,(H,13,14). The van der Waals surface area contributed by atoms with Crippen LogP contribution >= 0.6 is 0 Å². The fraction of sp³-hybridized carbons (Fsp3) is 0.909. The summed E-state index contributed by atoms with van der Waals surface area (Å²) in [6.07, 6.45) is 4.74. The van der Waals surface area contributed by atoms with Crippen LogP contribution in [0.15, 0.2) is 0 Å². The van der Waals surface area contributed by atoms with Crippen LogP contribution in [-0.2, 0) is 4.79 Å². The van der Waals surface area contributed by atoms with E-state index in [4.69, 9.17) is 0 Å². The smallest absolute Gasteiger partial charge is 0.308 e. The Morgan fingerprint density at radius 2 is 2.07 bits per heavy atom. The molecular weight excluding hydrogens is 178 g/mol. The molecule has 4 rings (SSSR count). The van der Waals surface area contributed by atoms with Crippen molar-refractivity contribution in [2.24, 2.45) is 17.8 Å². The van der Waals surface area contributed by atoms with E-state index in [1.807, 2.05) is 0 Å². The van der Waals surface area contributed by atoms with E-state index in [0.717, 1.165) is 18.8 Å². The Morgan fingerprint density at radius 3 is 2.79 bits per heavy atom. The van der Waals surface area contributed by atoms with Crippen LogP contribution in [0.1, 0.15) is 25.7 Å². The molecule has 2 aliphatic heterocycles. The van der Waals surface area contributed by atoms with Crippen LogP contribution in [0.2, 0.25) is 0 Å². The first-order chi connectivity index (χ1) is 6.66. The average Bonchev–Trinajstić information content (AvgIpc) is 2.12. The number of aliphatic carboxylic acids is 1. The summed E-state index contributed by atoms with van der Waals surface area (Å²) < 4.78 is 0. The van der Waals surface area contributed by atoms with E-state index < -0.39 is 5.97 Å². The van der Waals surface area contributed by atoms with Gasteiger partial charge in [0.15, 0.2) is 0 Å². The summed E-state index contributed by atoms with van der Waals surface area (Å²) >= 11 is 0. The van der Waals surface area contributed by atoms with Crippen molar-refractivity contribution in [2.75, 3.05) is 7.05 Å². The molecule has 5 unspecified atom stereocenters. The van der Waals surface area contributed by atoms with Gasteiger partial charge in [-0.2, -0.15) is 0 Å². The molecule has 2 heterocycles. The molecule has 0 radical (unpaired) electrons. The molecule has 0 aromatic heterocycles. The van der Waals surface area contributed by atoms with Gasteiger partial charge in [-0.1, -0.05) is 0 Å². The molecule has 2 saturated heterocycles. The third-order valence-electron chi connectivity index (χ3n) is 4.70. The molecule has 14 heavy (non-hydrogen) atoms. The van der Waals surface area contributed by atoms with E-state index in [0.29, 0.717) is 18.0 Å². The average molecular weight is 195 g/mol. The molecule has 4 fully saturated rings. The molecule has 2 aliphatic carbocycles. The molecule has 0 spiro atoms. The summed E-state index contributed by atoms with van der Waals surface area (Å²) in [6.45, 7) is 0. The predicted molar refractivity (Wildman–Crippen MR) is 51.9 cm³/mol. The van der Waals surface area contributed by atoms with Crippen molar-refractivity contribution in [2.45, 2.75) is 37.8 Å².